The predicted octanol–water partition coefficient (Wildman–Crippen LogP) is 5.62. The number of aromatic amines is 1. The molecule has 39 heavy (non-hydrogen) atoms. The molecule has 0 bridgehead atoms. The molecular weight excluding hydrogens is 512 g/mol. The number of carbonyl (C=O) groups is 2. The Kier molecular flexibility index (Phi) is 6.69. The number of aromatic nitrogens is 3. The Hall–Kier alpha value is -4.69. The molecule has 3 heterocycles. The highest BCUT2D eigenvalue weighted by molar-refractivity contribution is 6.30. The average Bonchev–Trinajstić information content (AvgIpc) is 3.42. The van der Waals surface area contributed by atoms with E-state index in [4.69, 9.17) is 11.6 Å². The molecule has 194 valence electrons. The van der Waals surface area contributed by atoms with Crippen molar-refractivity contribution < 1.29 is 9.59 Å². The predicted molar refractivity (Wildman–Crippen MR) is 152 cm³/mol. The van der Waals surface area contributed by atoms with Crippen LogP contribution in [-0.4, -0.2) is 62.7 Å². The summed E-state index contributed by atoms with van der Waals surface area (Å²) < 4.78 is 0. The number of piperazine rings is 1. The summed E-state index contributed by atoms with van der Waals surface area (Å²) in [7, 11) is 0. The Morgan fingerprint density at radius 1 is 0.821 bits per heavy atom. The van der Waals surface area contributed by atoms with Crippen LogP contribution in [0.2, 0.25) is 5.02 Å². The van der Waals surface area contributed by atoms with E-state index in [0.717, 1.165) is 27.8 Å². The minimum atomic E-state index is -0.0553. The number of carbonyl (C=O) groups excluding carboxylic acids is 2. The van der Waals surface area contributed by atoms with Crippen LogP contribution < -0.4 is 5.32 Å². The van der Waals surface area contributed by atoms with Crippen LogP contribution in [0.15, 0.2) is 91.1 Å². The fourth-order valence-electron chi connectivity index (χ4n) is 4.68. The second-order valence-electron chi connectivity index (χ2n) is 9.33. The van der Waals surface area contributed by atoms with Crippen molar-refractivity contribution in [2.24, 2.45) is 0 Å². The van der Waals surface area contributed by atoms with E-state index in [9.17, 15) is 9.59 Å². The Morgan fingerprint density at radius 3 is 2.23 bits per heavy atom. The van der Waals surface area contributed by atoms with Gasteiger partial charge >= 0.3 is 0 Å². The molecule has 0 saturated carbocycles. The van der Waals surface area contributed by atoms with Gasteiger partial charge in [-0.2, -0.15) is 0 Å². The van der Waals surface area contributed by atoms with Gasteiger partial charge in [0.05, 0.1) is 5.69 Å². The molecule has 8 nitrogen and oxygen atoms in total. The molecule has 0 atom stereocenters. The highest BCUT2D eigenvalue weighted by atomic mass is 35.5. The van der Waals surface area contributed by atoms with E-state index in [1.165, 1.54) is 0 Å². The molecule has 6 rings (SSSR count). The number of nitrogens with zero attached hydrogens (tertiary/aromatic N) is 4. The maximum atomic E-state index is 13.1. The van der Waals surface area contributed by atoms with Crippen molar-refractivity contribution in [3.05, 3.63) is 107 Å². The van der Waals surface area contributed by atoms with Crippen molar-refractivity contribution in [2.75, 3.05) is 31.5 Å². The van der Waals surface area contributed by atoms with E-state index in [1.807, 2.05) is 72.8 Å². The van der Waals surface area contributed by atoms with Crippen molar-refractivity contribution in [2.45, 2.75) is 0 Å². The molecule has 1 aliphatic rings. The van der Waals surface area contributed by atoms with E-state index in [-0.39, 0.29) is 11.8 Å². The number of anilines is 2. The maximum absolute atomic E-state index is 13.1. The van der Waals surface area contributed by atoms with E-state index < -0.39 is 0 Å². The third kappa shape index (κ3) is 5.32. The summed E-state index contributed by atoms with van der Waals surface area (Å²) >= 11 is 5.99. The number of fused-ring (bicyclic) bond motifs is 1. The Bertz CT molecular complexity index is 1610. The quantitative estimate of drug-likeness (QED) is 0.304. The molecule has 2 amide bonds. The lowest BCUT2D eigenvalue weighted by molar-refractivity contribution is 0.0533. The lowest BCUT2D eigenvalue weighted by Gasteiger charge is -2.34. The number of hydrogen-bond acceptors (Lipinski definition) is 5. The van der Waals surface area contributed by atoms with Crippen LogP contribution >= 0.6 is 11.6 Å². The van der Waals surface area contributed by atoms with Gasteiger partial charge < -0.3 is 20.1 Å². The van der Waals surface area contributed by atoms with Crippen LogP contribution in [0.4, 0.5) is 11.6 Å². The van der Waals surface area contributed by atoms with Gasteiger partial charge in [-0.1, -0.05) is 41.9 Å². The van der Waals surface area contributed by atoms with Crippen LogP contribution in [0.5, 0.6) is 0 Å². The van der Waals surface area contributed by atoms with Crippen LogP contribution in [0.25, 0.3) is 22.2 Å². The van der Waals surface area contributed by atoms with Crippen LogP contribution in [0.3, 0.4) is 0 Å². The molecule has 9 heteroatoms. The van der Waals surface area contributed by atoms with Gasteiger partial charge in [-0.3, -0.25) is 9.59 Å². The molecule has 0 unspecified atom stereocenters. The van der Waals surface area contributed by atoms with E-state index in [2.05, 4.69) is 20.3 Å². The number of rotatable bonds is 5. The summed E-state index contributed by atoms with van der Waals surface area (Å²) in [6, 6.07) is 26.2. The van der Waals surface area contributed by atoms with E-state index >= 15 is 0 Å². The van der Waals surface area contributed by atoms with Crippen molar-refractivity contribution in [3.63, 3.8) is 0 Å². The van der Waals surface area contributed by atoms with E-state index in [0.29, 0.717) is 48.4 Å². The number of amides is 2. The summed E-state index contributed by atoms with van der Waals surface area (Å²) in [6.07, 6.45) is 1.69. The van der Waals surface area contributed by atoms with Gasteiger partial charge in [-0.15, -0.1) is 0 Å². The first kappa shape index (κ1) is 24.6. The van der Waals surface area contributed by atoms with Crippen LogP contribution in [0, 0.1) is 0 Å². The lowest BCUT2D eigenvalue weighted by Crippen LogP contribution is -2.50. The molecule has 1 saturated heterocycles. The molecule has 0 radical (unpaired) electrons. The van der Waals surface area contributed by atoms with Crippen molar-refractivity contribution in [3.8, 4) is 11.3 Å². The van der Waals surface area contributed by atoms with Gasteiger partial charge in [0.1, 0.15) is 5.69 Å². The standard InChI is InChI=1S/C30H25ClN6O2/c31-23-9-5-20(6-10-23)26-13-14-32-30(35-26)33-24-11-7-21(8-12-24)28(38)36-15-17-37(18-16-36)29(39)27-19-22-3-1-2-4-25(22)34-27/h1-14,19,34H,15-18H2,(H,32,33,35). The normalized spacial score (nSPS) is 13.5. The number of para-hydroxylation sites is 1. The molecule has 1 fully saturated rings. The van der Waals surface area contributed by atoms with Crippen molar-refractivity contribution >= 4 is 46.0 Å². The smallest absolute Gasteiger partial charge is 0.270 e. The summed E-state index contributed by atoms with van der Waals surface area (Å²) in [5, 5.41) is 4.87. The number of nitrogens with one attached hydrogen (secondary N) is 2. The number of halogens is 1. The second-order valence-corrected chi connectivity index (χ2v) is 9.77. The number of hydrogen-bond donors (Lipinski definition) is 2. The van der Waals surface area contributed by atoms with Gasteiger partial charge in [0.2, 0.25) is 5.95 Å². The molecule has 1 aliphatic heterocycles. The SMILES string of the molecule is O=C(c1ccc(Nc2nccc(-c3ccc(Cl)cc3)n2)cc1)N1CCN(C(=O)c2cc3ccccc3[nH]2)CC1. The van der Waals surface area contributed by atoms with Crippen molar-refractivity contribution in [1.29, 1.82) is 0 Å². The Labute approximate surface area is 230 Å². The largest absolute Gasteiger partial charge is 0.351 e. The monoisotopic (exact) mass is 536 g/mol. The zero-order chi connectivity index (χ0) is 26.8. The summed E-state index contributed by atoms with van der Waals surface area (Å²) in [4.78, 5) is 41.8. The highest BCUT2D eigenvalue weighted by Gasteiger charge is 2.26. The van der Waals surface area contributed by atoms with Crippen molar-refractivity contribution in [1.82, 2.24) is 24.8 Å². The minimum Gasteiger partial charge on any atom is -0.351 e. The third-order valence-electron chi connectivity index (χ3n) is 6.80. The fourth-order valence-corrected chi connectivity index (χ4v) is 4.81. The van der Waals surface area contributed by atoms with Gasteiger partial charge in [-0.25, -0.2) is 9.97 Å². The molecule has 2 N–H and O–H groups in total. The van der Waals surface area contributed by atoms with Crippen LogP contribution in [0.1, 0.15) is 20.8 Å². The van der Waals surface area contributed by atoms with Crippen LogP contribution in [-0.2, 0) is 0 Å². The third-order valence-corrected chi connectivity index (χ3v) is 7.05. The maximum Gasteiger partial charge on any atom is 0.270 e. The lowest BCUT2D eigenvalue weighted by atomic mass is 10.1. The zero-order valence-corrected chi connectivity index (χ0v) is 21.7. The second kappa shape index (κ2) is 10.6. The highest BCUT2D eigenvalue weighted by Crippen LogP contribution is 2.22. The Morgan fingerprint density at radius 2 is 1.51 bits per heavy atom. The topological polar surface area (TPSA) is 94.2 Å². The molecule has 0 spiro atoms. The van der Waals surface area contributed by atoms with Gasteiger partial charge in [0.25, 0.3) is 11.8 Å². The summed E-state index contributed by atoms with van der Waals surface area (Å²) in [5.74, 6) is 0.355. The minimum absolute atomic E-state index is 0.0453. The molecular formula is C30H25ClN6O2. The van der Waals surface area contributed by atoms with Gasteiger partial charge in [0, 0.05) is 65.1 Å². The summed E-state index contributed by atoms with van der Waals surface area (Å²) in [6.45, 7) is 1.94. The Balaban J connectivity index is 1.06. The number of benzene rings is 3. The summed E-state index contributed by atoms with van der Waals surface area (Å²) in [5.41, 5.74) is 4.59. The average molecular weight is 537 g/mol. The van der Waals surface area contributed by atoms with E-state index in [1.54, 1.807) is 28.1 Å². The molecule has 2 aromatic heterocycles. The number of H-pyrrole nitrogens is 1. The molecule has 3 aromatic carbocycles. The molecule has 0 aliphatic carbocycles. The van der Waals surface area contributed by atoms with Gasteiger partial charge in [-0.05, 0) is 54.6 Å². The first-order chi connectivity index (χ1) is 19.0. The first-order valence-corrected chi connectivity index (χ1v) is 13.0. The first-order valence-electron chi connectivity index (χ1n) is 12.7. The fraction of sp³-hybridized carbons (Fsp3) is 0.133. The zero-order valence-electron chi connectivity index (χ0n) is 21.0. The van der Waals surface area contributed by atoms with Gasteiger partial charge in [0.15, 0.2) is 0 Å². The molecule has 5 aromatic rings.